The number of carbonyl (C=O) groups is 3. The molecule has 0 heterocycles. The van der Waals surface area contributed by atoms with Crippen LogP contribution in [0.5, 0.6) is 5.75 Å². The molecule has 7 nitrogen and oxygen atoms in total. The summed E-state index contributed by atoms with van der Waals surface area (Å²) in [7, 11) is 0. The molecular weight excluding hydrogens is 384 g/mol. The number of fused-ring (bicyclic) bond motifs is 1. The van der Waals surface area contributed by atoms with E-state index in [9.17, 15) is 14.4 Å². The summed E-state index contributed by atoms with van der Waals surface area (Å²) < 4.78 is 10.3. The molecule has 0 aromatic heterocycles. The molecule has 0 unspecified atom stereocenters. The molecule has 7 heteroatoms. The average molecular weight is 406 g/mol. The van der Waals surface area contributed by atoms with Crippen molar-refractivity contribution in [3.63, 3.8) is 0 Å². The van der Waals surface area contributed by atoms with E-state index in [0.29, 0.717) is 17.9 Å². The number of amides is 2. The molecule has 0 fully saturated rings. The molecule has 2 N–H and O–H groups in total. The lowest BCUT2D eigenvalue weighted by Crippen LogP contribution is -2.44. The summed E-state index contributed by atoms with van der Waals surface area (Å²) in [5, 5.41) is 2.05. The van der Waals surface area contributed by atoms with E-state index in [4.69, 9.17) is 9.47 Å². The predicted octanol–water partition coefficient (Wildman–Crippen LogP) is 2.79. The molecule has 2 amide bonds. The highest BCUT2D eigenvalue weighted by atomic mass is 16.5. The SMILES string of the molecule is CCOC(=O)c1ccc(OCC(=O)NNC(=O)Cc2cccc3ccccc23)cc1. The van der Waals surface area contributed by atoms with Gasteiger partial charge in [0.1, 0.15) is 5.75 Å². The first kappa shape index (κ1) is 20.9. The van der Waals surface area contributed by atoms with Gasteiger partial charge >= 0.3 is 5.97 Å². The number of esters is 1. The van der Waals surface area contributed by atoms with E-state index in [1.54, 1.807) is 31.2 Å². The summed E-state index contributed by atoms with van der Waals surface area (Å²) in [5.41, 5.74) is 5.99. The zero-order valence-corrected chi connectivity index (χ0v) is 16.5. The first-order chi connectivity index (χ1) is 14.6. The minimum Gasteiger partial charge on any atom is -0.484 e. The molecule has 30 heavy (non-hydrogen) atoms. The van der Waals surface area contributed by atoms with Crippen molar-refractivity contribution in [1.82, 2.24) is 10.9 Å². The lowest BCUT2D eigenvalue weighted by Gasteiger charge is -2.10. The van der Waals surface area contributed by atoms with Crippen molar-refractivity contribution >= 4 is 28.6 Å². The highest BCUT2D eigenvalue weighted by Gasteiger charge is 2.10. The number of hydrogen-bond donors (Lipinski definition) is 2. The zero-order valence-electron chi connectivity index (χ0n) is 16.5. The van der Waals surface area contributed by atoms with E-state index in [-0.39, 0.29) is 18.9 Å². The standard InChI is InChI=1S/C23H22N2O5/c1-2-29-23(28)17-10-12-19(13-11-17)30-15-22(27)25-24-21(26)14-18-8-5-7-16-6-3-4-9-20(16)18/h3-13H,2,14-15H2,1H3,(H,24,26)(H,25,27). The molecule has 0 bridgehead atoms. The Bertz CT molecular complexity index is 1040. The van der Waals surface area contributed by atoms with Gasteiger partial charge in [0.2, 0.25) is 5.91 Å². The monoisotopic (exact) mass is 406 g/mol. The number of hydrazine groups is 1. The van der Waals surface area contributed by atoms with Crippen molar-refractivity contribution in [3.8, 4) is 5.75 Å². The predicted molar refractivity (Wildman–Crippen MR) is 112 cm³/mol. The number of hydrogen-bond acceptors (Lipinski definition) is 5. The molecule has 3 aromatic rings. The third-order valence-corrected chi connectivity index (χ3v) is 4.31. The van der Waals surface area contributed by atoms with Crippen molar-refractivity contribution in [2.45, 2.75) is 13.3 Å². The minimum atomic E-state index is -0.504. The van der Waals surface area contributed by atoms with E-state index < -0.39 is 11.9 Å². The average Bonchev–Trinajstić information content (AvgIpc) is 2.77. The third kappa shape index (κ3) is 5.57. The van der Waals surface area contributed by atoms with Gasteiger partial charge in [0, 0.05) is 0 Å². The van der Waals surface area contributed by atoms with Gasteiger partial charge in [-0.15, -0.1) is 0 Å². The first-order valence-electron chi connectivity index (χ1n) is 9.51. The zero-order chi connectivity index (χ0) is 21.3. The molecular formula is C23H22N2O5. The van der Waals surface area contributed by atoms with Crippen LogP contribution in [-0.4, -0.2) is 31.0 Å². The smallest absolute Gasteiger partial charge is 0.338 e. The summed E-state index contributed by atoms with van der Waals surface area (Å²) >= 11 is 0. The molecule has 0 aliphatic rings. The van der Waals surface area contributed by atoms with Crippen LogP contribution in [0.25, 0.3) is 10.8 Å². The second-order valence-electron chi connectivity index (χ2n) is 6.44. The van der Waals surface area contributed by atoms with Crippen LogP contribution < -0.4 is 15.6 Å². The Morgan fingerprint density at radius 3 is 2.30 bits per heavy atom. The Balaban J connectivity index is 1.45. The Morgan fingerprint density at radius 2 is 1.53 bits per heavy atom. The lowest BCUT2D eigenvalue weighted by molar-refractivity contribution is -0.129. The fourth-order valence-corrected chi connectivity index (χ4v) is 2.89. The highest BCUT2D eigenvalue weighted by molar-refractivity contribution is 5.91. The summed E-state index contributed by atoms with van der Waals surface area (Å²) in [6.45, 7) is 1.74. The quantitative estimate of drug-likeness (QED) is 0.465. The molecule has 0 spiro atoms. The van der Waals surface area contributed by atoms with Crippen LogP contribution in [0.2, 0.25) is 0 Å². The van der Waals surface area contributed by atoms with Crippen molar-refractivity contribution in [1.29, 1.82) is 0 Å². The number of rotatable bonds is 7. The third-order valence-electron chi connectivity index (χ3n) is 4.31. The van der Waals surface area contributed by atoms with E-state index in [2.05, 4.69) is 10.9 Å². The fourth-order valence-electron chi connectivity index (χ4n) is 2.89. The second kappa shape index (κ2) is 10.1. The van der Waals surface area contributed by atoms with E-state index >= 15 is 0 Å². The molecule has 3 rings (SSSR count). The van der Waals surface area contributed by atoms with E-state index in [0.717, 1.165) is 16.3 Å². The number of carbonyl (C=O) groups excluding carboxylic acids is 3. The summed E-state index contributed by atoms with van der Waals surface area (Å²) in [6, 6.07) is 19.8. The number of nitrogens with one attached hydrogen (secondary N) is 2. The van der Waals surface area contributed by atoms with E-state index in [1.807, 2.05) is 42.5 Å². The van der Waals surface area contributed by atoms with Gasteiger partial charge in [0.05, 0.1) is 18.6 Å². The van der Waals surface area contributed by atoms with Crippen molar-refractivity contribution < 1.29 is 23.9 Å². The molecule has 3 aromatic carbocycles. The van der Waals surface area contributed by atoms with Crippen LogP contribution >= 0.6 is 0 Å². The first-order valence-corrected chi connectivity index (χ1v) is 9.51. The fraction of sp³-hybridized carbons (Fsp3) is 0.174. The molecule has 154 valence electrons. The lowest BCUT2D eigenvalue weighted by atomic mass is 10.0. The second-order valence-corrected chi connectivity index (χ2v) is 6.44. The van der Waals surface area contributed by atoms with Crippen LogP contribution in [-0.2, 0) is 20.7 Å². The van der Waals surface area contributed by atoms with E-state index in [1.165, 1.54) is 0 Å². The van der Waals surface area contributed by atoms with Crippen molar-refractivity contribution in [3.05, 3.63) is 77.9 Å². The number of benzene rings is 3. The van der Waals surface area contributed by atoms with Crippen LogP contribution in [0.3, 0.4) is 0 Å². The van der Waals surface area contributed by atoms with Gasteiger partial charge in [-0.2, -0.15) is 0 Å². The molecule has 0 aliphatic carbocycles. The topological polar surface area (TPSA) is 93.7 Å². The van der Waals surface area contributed by atoms with Crippen LogP contribution in [0, 0.1) is 0 Å². The molecule has 0 saturated carbocycles. The maximum Gasteiger partial charge on any atom is 0.338 e. The Labute approximate surface area is 174 Å². The van der Waals surface area contributed by atoms with Gasteiger partial charge in [-0.3, -0.25) is 20.4 Å². The Kier molecular flexibility index (Phi) is 7.00. The van der Waals surface area contributed by atoms with Gasteiger partial charge in [-0.05, 0) is 47.5 Å². The van der Waals surface area contributed by atoms with Crippen LogP contribution in [0.15, 0.2) is 66.7 Å². The molecule has 0 saturated heterocycles. The molecule has 0 atom stereocenters. The summed E-state index contributed by atoms with van der Waals surface area (Å²) in [4.78, 5) is 35.7. The Hall–Kier alpha value is -3.87. The van der Waals surface area contributed by atoms with Gasteiger partial charge in [-0.1, -0.05) is 42.5 Å². The summed E-state index contributed by atoms with van der Waals surface area (Å²) in [6.07, 6.45) is 0.137. The summed E-state index contributed by atoms with van der Waals surface area (Å²) in [5.74, 6) is -0.842. The molecule has 0 aliphatic heterocycles. The van der Waals surface area contributed by atoms with Gasteiger partial charge < -0.3 is 9.47 Å². The van der Waals surface area contributed by atoms with Crippen molar-refractivity contribution in [2.75, 3.05) is 13.2 Å². The van der Waals surface area contributed by atoms with Gasteiger partial charge in [0.25, 0.3) is 5.91 Å². The maximum atomic E-state index is 12.2. The Morgan fingerprint density at radius 1 is 0.833 bits per heavy atom. The minimum absolute atomic E-state index is 0.137. The van der Waals surface area contributed by atoms with Crippen LogP contribution in [0.4, 0.5) is 0 Å². The largest absolute Gasteiger partial charge is 0.484 e. The normalized spacial score (nSPS) is 10.3. The molecule has 0 radical (unpaired) electrons. The van der Waals surface area contributed by atoms with Crippen molar-refractivity contribution in [2.24, 2.45) is 0 Å². The number of ether oxygens (including phenoxy) is 2. The maximum absolute atomic E-state index is 12.2. The van der Waals surface area contributed by atoms with Gasteiger partial charge in [-0.25, -0.2) is 4.79 Å². The highest BCUT2D eigenvalue weighted by Crippen LogP contribution is 2.18. The van der Waals surface area contributed by atoms with Crippen LogP contribution in [0.1, 0.15) is 22.8 Å². The van der Waals surface area contributed by atoms with Gasteiger partial charge in [0.15, 0.2) is 6.61 Å².